The van der Waals surface area contributed by atoms with Gasteiger partial charge in [-0.3, -0.25) is 4.79 Å². The molecule has 0 aliphatic heterocycles. The number of fused-ring (bicyclic) bond motifs is 1. The quantitative estimate of drug-likeness (QED) is 0.663. The Morgan fingerprint density at radius 1 is 1.31 bits per heavy atom. The Kier molecular flexibility index (Phi) is 4.97. The molecule has 3 heterocycles. The summed E-state index contributed by atoms with van der Waals surface area (Å²) in [6.07, 6.45) is 2.44. The molecule has 26 heavy (non-hydrogen) atoms. The van der Waals surface area contributed by atoms with Crippen LogP contribution in [-0.4, -0.2) is 47.6 Å². The lowest BCUT2D eigenvalue weighted by molar-refractivity contribution is -0.130. The van der Waals surface area contributed by atoms with Crippen molar-refractivity contribution in [2.45, 2.75) is 53.0 Å². The lowest BCUT2D eigenvalue weighted by Crippen LogP contribution is -2.27. The number of carbonyl (C=O) groups excluding carboxylic acids is 1. The highest BCUT2D eigenvalue weighted by atomic mass is 16.5. The van der Waals surface area contributed by atoms with E-state index in [4.69, 9.17) is 4.52 Å². The predicted octanol–water partition coefficient (Wildman–Crippen LogP) is 1.84. The van der Waals surface area contributed by atoms with Crippen molar-refractivity contribution in [1.82, 2.24) is 34.6 Å². The van der Waals surface area contributed by atoms with Crippen LogP contribution in [0, 0.1) is 13.8 Å². The number of carbonyl (C=O) groups is 1. The van der Waals surface area contributed by atoms with E-state index in [1.54, 1.807) is 16.5 Å². The average Bonchev–Trinajstić information content (AvgIpc) is 3.23. The third-order valence-electron chi connectivity index (χ3n) is 4.36. The van der Waals surface area contributed by atoms with E-state index in [9.17, 15) is 4.79 Å². The normalized spacial score (nSPS) is 11.5. The minimum absolute atomic E-state index is 0.0124. The maximum atomic E-state index is 12.5. The summed E-state index contributed by atoms with van der Waals surface area (Å²) in [6.45, 7) is 8.19. The number of rotatable bonds is 6. The first-order valence-electron chi connectivity index (χ1n) is 8.59. The summed E-state index contributed by atoms with van der Waals surface area (Å²) in [6, 6.07) is 0. The van der Waals surface area contributed by atoms with Gasteiger partial charge in [0, 0.05) is 30.8 Å². The molecule has 0 unspecified atom stereocenters. The van der Waals surface area contributed by atoms with E-state index in [-0.39, 0.29) is 11.8 Å². The molecule has 0 aliphatic rings. The fourth-order valence-electron chi connectivity index (χ4n) is 2.81. The second-order valence-electron chi connectivity index (χ2n) is 6.69. The van der Waals surface area contributed by atoms with Crippen molar-refractivity contribution in [2.24, 2.45) is 0 Å². The molecule has 0 saturated heterocycles. The Morgan fingerprint density at radius 3 is 2.77 bits per heavy atom. The van der Waals surface area contributed by atoms with E-state index in [2.05, 4.69) is 25.2 Å². The van der Waals surface area contributed by atoms with Gasteiger partial charge in [-0.2, -0.15) is 15.1 Å². The first-order valence-corrected chi connectivity index (χ1v) is 8.59. The average molecular weight is 357 g/mol. The molecule has 0 radical (unpaired) electrons. The maximum Gasteiger partial charge on any atom is 0.252 e. The third-order valence-corrected chi connectivity index (χ3v) is 4.36. The maximum absolute atomic E-state index is 12.5. The molecule has 138 valence electrons. The zero-order valence-corrected chi connectivity index (χ0v) is 15.7. The number of amides is 1. The molecule has 0 N–H and O–H groups in total. The van der Waals surface area contributed by atoms with Gasteiger partial charge >= 0.3 is 0 Å². The molecule has 1 amide bonds. The first-order chi connectivity index (χ1) is 12.4. The molecule has 9 nitrogen and oxygen atoms in total. The fraction of sp³-hybridized carbons (Fsp3) is 0.529. The van der Waals surface area contributed by atoms with Crippen molar-refractivity contribution in [3.8, 4) is 0 Å². The van der Waals surface area contributed by atoms with Crippen molar-refractivity contribution in [1.29, 1.82) is 0 Å². The van der Waals surface area contributed by atoms with Crippen LogP contribution in [0.1, 0.15) is 54.9 Å². The topological polar surface area (TPSA) is 102 Å². The van der Waals surface area contributed by atoms with Crippen molar-refractivity contribution in [2.75, 3.05) is 7.05 Å². The molecule has 0 saturated carbocycles. The Balaban J connectivity index is 1.64. The van der Waals surface area contributed by atoms with Crippen LogP contribution in [0.5, 0.6) is 0 Å². The smallest absolute Gasteiger partial charge is 0.252 e. The molecule has 9 heteroatoms. The number of hydrogen-bond donors (Lipinski definition) is 0. The molecule has 0 bridgehead atoms. The van der Waals surface area contributed by atoms with Crippen LogP contribution in [0.3, 0.4) is 0 Å². The van der Waals surface area contributed by atoms with Crippen LogP contribution in [0.15, 0.2) is 10.9 Å². The van der Waals surface area contributed by atoms with Gasteiger partial charge in [0.05, 0.1) is 6.54 Å². The van der Waals surface area contributed by atoms with Gasteiger partial charge < -0.3 is 9.42 Å². The van der Waals surface area contributed by atoms with Gasteiger partial charge in [-0.25, -0.2) is 9.50 Å². The van der Waals surface area contributed by atoms with Gasteiger partial charge in [0.1, 0.15) is 6.33 Å². The standard InChI is InChI=1S/C17H23N7O2/c1-10(2)16-21-14(22-26-16)8-23(5)15(25)7-6-13-11(3)20-17-18-9-19-24(17)12(13)4/h9-10H,6-8H2,1-5H3. The SMILES string of the molecule is Cc1nc2ncnn2c(C)c1CCC(=O)N(C)Cc1noc(C(C)C)n1. The summed E-state index contributed by atoms with van der Waals surface area (Å²) in [5, 5.41) is 8.10. The van der Waals surface area contributed by atoms with Crippen molar-refractivity contribution >= 4 is 11.7 Å². The second kappa shape index (κ2) is 7.19. The summed E-state index contributed by atoms with van der Waals surface area (Å²) in [4.78, 5) is 26.9. The van der Waals surface area contributed by atoms with Crippen LogP contribution in [0.25, 0.3) is 5.78 Å². The molecule has 0 fully saturated rings. The lowest BCUT2D eigenvalue weighted by atomic mass is 10.1. The minimum atomic E-state index is 0.0124. The highest BCUT2D eigenvalue weighted by molar-refractivity contribution is 5.76. The number of hydrogen-bond acceptors (Lipinski definition) is 7. The van der Waals surface area contributed by atoms with Gasteiger partial charge in [0.2, 0.25) is 11.8 Å². The molecule has 0 aliphatic carbocycles. The number of aryl methyl sites for hydroxylation is 2. The van der Waals surface area contributed by atoms with Crippen LogP contribution < -0.4 is 0 Å². The predicted molar refractivity (Wildman–Crippen MR) is 93.4 cm³/mol. The van der Waals surface area contributed by atoms with Gasteiger partial charge in [0.25, 0.3) is 5.78 Å². The molecular weight excluding hydrogens is 334 g/mol. The number of nitrogens with zero attached hydrogens (tertiary/aromatic N) is 7. The third kappa shape index (κ3) is 3.56. The van der Waals surface area contributed by atoms with Gasteiger partial charge in [-0.1, -0.05) is 19.0 Å². The molecular formula is C17H23N7O2. The van der Waals surface area contributed by atoms with Crippen LogP contribution in [-0.2, 0) is 17.8 Å². The van der Waals surface area contributed by atoms with Gasteiger partial charge in [0.15, 0.2) is 5.82 Å². The minimum Gasteiger partial charge on any atom is -0.339 e. The molecule has 3 rings (SSSR count). The molecule has 0 aromatic carbocycles. The monoisotopic (exact) mass is 357 g/mol. The summed E-state index contributed by atoms with van der Waals surface area (Å²) in [5.74, 6) is 1.85. The van der Waals surface area contributed by atoms with E-state index in [1.165, 1.54) is 6.33 Å². The van der Waals surface area contributed by atoms with E-state index in [1.807, 2.05) is 27.7 Å². The summed E-state index contributed by atoms with van der Waals surface area (Å²) >= 11 is 0. The van der Waals surface area contributed by atoms with Crippen LogP contribution >= 0.6 is 0 Å². The Bertz CT molecular complexity index is 928. The number of aromatic nitrogens is 6. The first kappa shape index (κ1) is 18.0. The summed E-state index contributed by atoms with van der Waals surface area (Å²) in [5.41, 5.74) is 2.85. The van der Waals surface area contributed by atoms with Crippen molar-refractivity contribution < 1.29 is 9.32 Å². The highest BCUT2D eigenvalue weighted by Gasteiger charge is 2.17. The van der Waals surface area contributed by atoms with E-state index < -0.39 is 0 Å². The van der Waals surface area contributed by atoms with E-state index >= 15 is 0 Å². The Morgan fingerprint density at radius 2 is 2.08 bits per heavy atom. The molecule has 3 aromatic heterocycles. The Hall–Kier alpha value is -2.84. The molecule has 0 atom stereocenters. The van der Waals surface area contributed by atoms with Crippen LogP contribution in [0.4, 0.5) is 0 Å². The lowest BCUT2D eigenvalue weighted by Gasteiger charge is -2.16. The summed E-state index contributed by atoms with van der Waals surface area (Å²) in [7, 11) is 1.74. The van der Waals surface area contributed by atoms with Gasteiger partial charge in [-0.15, -0.1) is 0 Å². The van der Waals surface area contributed by atoms with E-state index in [0.29, 0.717) is 36.9 Å². The molecule has 3 aromatic rings. The Labute approximate surface area is 151 Å². The van der Waals surface area contributed by atoms with Crippen LogP contribution in [0.2, 0.25) is 0 Å². The highest BCUT2D eigenvalue weighted by Crippen LogP contribution is 2.16. The molecule has 0 spiro atoms. The van der Waals surface area contributed by atoms with Crippen molar-refractivity contribution in [3.63, 3.8) is 0 Å². The second-order valence-corrected chi connectivity index (χ2v) is 6.69. The zero-order chi connectivity index (χ0) is 18.8. The van der Waals surface area contributed by atoms with Crippen molar-refractivity contribution in [3.05, 3.63) is 35.0 Å². The van der Waals surface area contributed by atoms with Gasteiger partial charge in [-0.05, 0) is 25.8 Å². The zero-order valence-electron chi connectivity index (χ0n) is 15.7. The fourth-order valence-corrected chi connectivity index (χ4v) is 2.81. The summed E-state index contributed by atoms with van der Waals surface area (Å²) < 4.78 is 6.88. The largest absolute Gasteiger partial charge is 0.339 e. The van der Waals surface area contributed by atoms with E-state index in [0.717, 1.165) is 17.0 Å².